The van der Waals surface area contributed by atoms with Gasteiger partial charge in [0.05, 0.1) is 10.7 Å². The number of fused-ring (bicyclic) bond motifs is 1. The lowest BCUT2D eigenvalue weighted by Gasteiger charge is -2.14. The van der Waals surface area contributed by atoms with E-state index in [2.05, 4.69) is 10.3 Å². The van der Waals surface area contributed by atoms with Gasteiger partial charge in [-0.3, -0.25) is 4.98 Å². The average molecular weight is 298 g/mol. The Morgan fingerprint density at radius 3 is 2.67 bits per heavy atom. The minimum absolute atomic E-state index is 0.700. The van der Waals surface area contributed by atoms with Crippen molar-refractivity contribution in [3.05, 3.63) is 58.9 Å². The van der Waals surface area contributed by atoms with Crippen LogP contribution in [-0.2, 0) is 0 Å². The molecule has 2 aromatic carbocycles. The molecule has 0 unspecified atom stereocenters. The normalized spacial score (nSPS) is 10.8. The van der Waals surface area contributed by atoms with Crippen LogP contribution in [0.5, 0.6) is 0 Å². The Labute approximate surface area is 128 Å². The van der Waals surface area contributed by atoms with E-state index >= 15 is 0 Å². The van der Waals surface area contributed by atoms with E-state index in [9.17, 15) is 0 Å². The number of nitrogens with one attached hydrogen (secondary N) is 1. The van der Waals surface area contributed by atoms with Crippen LogP contribution >= 0.6 is 11.6 Å². The second-order valence-corrected chi connectivity index (χ2v) is 5.54. The molecule has 1 aromatic heterocycles. The summed E-state index contributed by atoms with van der Waals surface area (Å²) in [4.78, 5) is 4.32. The van der Waals surface area contributed by atoms with Crippen molar-refractivity contribution in [2.45, 2.75) is 13.8 Å². The highest BCUT2D eigenvalue weighted by Gasteiger charge is 2.09. The third-order valence-electron chi connectivity index (χ3n) is 3.55. The van der Waals surface area contributed by atoms with Crippen molar-refractivity contribution in [1.29, 1.82) is 0 Å². The molecule has 0 saturated heterocycles. The molecule has 3 rings (SSSR count). The number of aryl methyl sites for hydroxylation is 2. The van der Waals surface area contributed by atoms with Crippen LogP contribution in [0.25, 0.3) is 10.8 Å². The molecule has 21 heavy (non-hydrogen) atoms. The number of nitrogens with two attached hydrogens (primary N) is 1. The van der Waals surface area contributed by atoms with E-state index < -0.39 is 0 Å². The summed E-state index contributed by atoms with van der Waals surface area (Å²) in [5.41, 5.74) is 10.7. The molecule has 0 atom stereocenters. The van der Waals surface area contributed by atoms with E-state index in [1.165, 1.54) is 0 Å². The van der Waals surface area contributed by atoms with E-state index in [4.69, 9.17) is 17.3 Å². The second kappa shape index (κ2) is 5.26. The summed E-state index contributed by atoms with van der Waals surface area (Å²) in [5, 5.41) is 6.11. The molecule has 0 bridgehead atoms. The third-order valence-corrected chi connectivity index (χ3v) is 3.87. The number of benzene rings is 2. The Kier molecular flexibility index (Phi) is 3.43. The summed E-state index contributed by atoms with van der Waals surface area (Å²) in [6.45, 7) is 3.99. The van der Waals surface area contributed by atoms with Gasteiger partial charge in [-0.05, 0) is 43.7 Å². The molecule has 0 spiro atoms. The van der Waals surface area contributed by atoms with Crippen molar-refractivity contribution >= 4 is 39.4 Å². The van der Waals surface area contributed by atoms with E-state index in [0.29, 0.717) is 5.02 Å². The number of para-hydroxylation sites is 1. The molecular weight excluding hydrogens is 282 g/mol. The predicted molar refractivity (Wildman–Crippen MR) is 90.4 cm³/mol. The summed E-state index contributed by atoms with van der Waals surface area (Å²) in [6, 6.07) is 11.7. The van der Waals surface area contributed by atoms with Gasteiger partial charge in [0.1, 0.15) is 0 Å². The summed E-state index contributed by atoms with van der Waals surface area (Å²) >= 11 is 6.29. The highest BCUT2D eigenvalue weighted by molar-refractivity contribution is 6.33. The maximum absolute atomic E-state index is 6.29. The first-order valence-corrected chi connectivity index (χ1v) is 7.11. The van der Waals surface area contributed by atoms with Gasteiger partial charge in [-0.1, -0.05) is 23.7 Å². The maximum atomic E-state index is 6.29. The van der Waals surface area contributed by atoms with Gasteiger partial charge in [0.15, 0.2) is 0 Å². The molecule has 106 valence electrons. The Morgan fingerprint density at radius 1 is 1.10 bits per heavy atom. The first kappa shape index (κ1) is 13.7. The van der Waals surface area contributed by atoms with Gasteiger partial charge in [-0.2, -0.15) is 0 Å². The Morgan fingerprint density at radius 2 is 1.90 bits per heavy atom. The van der Waals surface area contributed by atoms with Crippen LogP contribution in [0.1, 0.15) is 11.3 Å². The molecule has 3 nitrogen and oxygen atoms in total. The van der Waals surface area contributed by atoms with Gasteiger partial charge in [0.2, 0.25) is 0 Å². The standard InChI is InChI=1S/C17H16ClN3/c1-10-4-3-5-14(18)17(10)21-16-7-6-15(19)13-9-20-11(2)8-12(13)16/h3-9,21H,19H2,1-2H3. The number of pyridine rings is 1. The van der Waals surface area contributed by atoms with Gasteiger partial charge in [-0.25, -0.2) is 0 Å². The lowest BCUT2D eigenvalue weighted by Crippen LogP contribution is -1.97. The Hall–Kier alpha value is -2.26. The van der Waals surface area contributed by atoms with Crippen molar-refractivity contribution in [3.63, 3.8) is 0 Å². The van der Waals surface area contributed by atoms with Crippen LogP contribution in [0.3, 0.4) is 0 Å². The number of hydrogen-bond acceptors (Lipinski definition) is 3. The van der Waals surface area contributed by atoms with Crippen molar-refractivity contribution in [2.24, 2.45) is 0 Å². The molecule has 0 saturated carbocycles. The highest BCUT2D eigenvalue weighted by Crippen LogP contribution is 2.34. The third kappa shape index (κ3) is 2.52. The number of aromatic nitrogens is 1. The van der Waals surface area contributed by atoms with Crippen LogP contribution in [0.2, 0.25) is 5.02 Å². The Bertz CT molecular complexity index is 807. The monoisotopic (exact) mass is 297 g/mol. The van der Waals surface area contributed by atoms with Crippen LogP contribution in [-0.4, -0.2) is 4.98 Å². The zero-order valence-corrected chi connectivity index (χ0v) is 12.7. The molecule has 0 aliphatic heterocycles. The van der Waals surface area contributed by atoms with Crippen molar-refractivity contribution in [3.8, 4) is 0 Å². The molecule has 3 N–H and O–H groups in total. The highest BCUT2D eigenvalue weighted by atomic mass is 35.5. The van der Waals surface area contributed by atoms with Crippen LogP contribution in [0.15, 0.2) is 42.6 Å². The van der Waals surface area contributed by atoms with Crippen molar-refractivity contribution in [2.75, 3.05) is 11.1 Å². The number of rotatable bonds is 2. The predicted octanol–water partition coefficient (Wildman–Crippen LogP) is 4.83. The van der Waals surface area contributed by atoms with Crippen LogP contribution < -0.4 is 11.1 Å². The summed E-state index contributed by atoms with van der Waals surface area (Å²) in [5.74, 6) is 0. The molecule has 0 aliphatic rings. The molecule has 0 amide bonds. The minimum Gasteiger partial charge on any atom is -0.398 e. The zero-order valence-electron chi connectivity index (χ0n) is 11.9. The fourth-order valence-corrected chi connectivity index (χ4v) is 2.67. The van der Waals surface area contributed by atoms with E-state index in [0.717, 1.165) is 39.1 Å². The molecule has 1 heterocycles. The van der Waals surface area contributed by atoms with E-state index in [-0.39, 0.29) is 0 Å². The van der Waals surface area contributed by atoms with Gasteiger partial charge in [0.25, 0.3) is 0 Å². The molecule has 0 aliphatic carbocycles. The Balaban J connectivity index is 2.17. The lowest BCUT2D eigenvalue weighted by molar-refractivity contribution is 1.22. The quantitative estimate of drug-likeness (QED) is 0.666. The molecule has 4 heteroatoms. The van der Waals surface area contributed by atoms with Gasteiger partial charge in [-0.15, -0.1) is 0 Å². The first-order valence-electron chi connectivity index (χ1n) is 6.73. The van der Waals surface area contributed by atoms with E-state index in [1.807, 2.05) is 56.4 Å². The molecule has 0 radical (unpaired) electrons. The minimum atomic E-state index is 0.700. The van der Waals surface area contributed by atoms with Crippen molar-refractivity contribution < 1.29 is 0 Å². The number of anilines is 3. The van der Waals surface area contributed by atoms with Gasteiger partial charge >= 0.3 is 0 Å². The fraction of sp³-hybridized carbons (Fsp3) is 0.118. The lowest BCUT2D eigenvalue weighted by atomic mass is 10.1. The van der Waals surface area contributed by atoms with Gasteiger partial charge in [0, 0.05) is 34.0 Å². The SMILES string of the molecule is Cc1cc2c(Nc3c(C)cccc3Cl)ccc(N)c2cn1. The van der Waals surface area contributed by atoms with Crippen molar-refractivity contribution in [1.82, 2.24) is 4.98 Å². The largest absolute Gasteiger partial charge is 0.398 e. The maximum Gasteiger partial charge on any atom is 0.0643 e. The smallest absolute Gasteiger partial charge is 0.0643 e. The number of halogens is 1. The molecular formula is C17H16ClN3. The van der Waals surface area contributed by atoms with Crippen LogP contribution in [0.4, 0.5) is 17.1 Å². The first-order chi connectivity index (χ1) is 10.1. The number of nitrogens with zero attached hydrogens (tertiary/aromatic N) is 1. The van der Waals surface area contributed by atoms with Gasteiger partial charge < -0.3 is 11.1 Å². The zero-order chi connectivity index (χ0) is 15.0. The van der Waals surface area contributed by atoms with E-state index in [1.54, 1.807) is 0 Å². The summed E-state index contributed by atoms with van der Waals surface area (Å²) < 4.78 is 0. The molecule has 3 aromatic rings. The summed E-state index contributed by atoms with van der Waals surface area (Å²) in [7, 11) is 0. The van der Waals surface area contributed by atoms with Crippen LogP contribution in [0, 0.1) is 13.8 Å². The number of nitrogen functional groups attached to an aromatic ring is 1. The number of hydrogen-bond donors (Lipinski definition) is 2. The summed E-state index contributed by atoms with van der Waals surface area (Å²) in [6.07, 6.45) is 1.81. The average Bonchev–Trinajstić information content (AvgIpc) is 2.45. The second-order valence-electron chi connectivity index (χ2n) is 5.13. The fourth-order valence-electron chi connectivity index (χ4n) is 2.40. The molecule has 0 fully saturated rings. The topological polar surface area (TPSA) is 50.9 Å².